The second-order valence-corrected chi connectivity index (χ2v) is 4.52. The molecule has 7 heteroatoms. The van der Waals surface area contributed by atoms with E-state index in [0.29, 0.717) is 28.8 Å². The highest BCUT2D eigenvalue weighted by atomic mass is 35.5. The van der Waals surface area contributed by atoms with E-state index in [-0.39, 0.29) is 11.5 Å². The molecule has 1 heterocycles. The summed E-state index contributed by atoms with van der Waals surface area (Å²) in [6.45, 7) is 0.936. The Morgan fingerprint density at radius 1 is 1.19 bits per heavy atom. The molecule has 4 nitrogen and oxygen atoms in total. The van der Waals surface area contributed by atoms with Crippen LogP contribution in [-0.2, 0) is 0 Å². The third-order valence-corrected chi connectivity index (χ3v) is 2.73. The number of nitrogens with zero attached hydrogens (tertiary/aromatic N) is 2. The zero-order chi connectivity index (χ0) is 15.4. The van der Waals surface area contributed by atoms with Crippen LogP contribution in [0.1, 0.15) is 12.6 Å². The Kier molecular flexibility index (Phi) is 4.90. The summed E-state index contributed by atoms with van der Waals surface area (Å²) < 4.78 is 34.4. The van der Waals surface area contributed by atoms with Gasteiger partial charge in [0, 0.05) is 11.3 Å². The Hall–Kier alpha value is -1.95. The molecule has 21 heavy (non-hydrogen) atoms. The highest BCUT2D eigenvalue weighted by Gasteiger charge is 2.13. The van der Waals surface area contributed by atoms with Gasteiger partial charge in [0.25, 0.3) is 0 Å². The van der Waals surface area contributed by atoms with Crippen molar-refractivity contribution in [3.8, 4) is 22.9 Å². The molecule has 0 unspecified atom stereocenters. The van der Waals surface area contributed by atoms with Crippen molar-refractivity contribution in [1.29, 1.82) is 0 Å². The van der Waals surface area contributed by atoms with Crippen molar-refractivity contribution in [3.05, 3.63) is 35.1 Å². The first-order valence-corrected chi connectivity index (χ1v) is 6.60. The molecule has 0 aliphatic carbocycles. The normalized spacial score (nSPS) is 10.8. The lowest BCUT2D eigenvalue weighted by atomic mass is 10.2. The Labute approximate surface area is 125 Å². The molecule has 1 aromatic carbocycles. The van der Waals surface area contributed by atoms with Crippen LogP contribution in [0.4, 0.5) is 8.78 Å². The maximum absolute atomic E-state index is 12.4. The number of hydrogen-bond acceptors (Lipinski definition) is 4. The summed E-state index contributed by atoms with van der Waals surface area (Å²) in [5.41, 5.74) is 1.31. The fourth-order valence-corrected chi connectivity index (χ4v) is 2.01. The molecule has 1 aromatic heterocycles. The number of aryl methyl sites for hydroxylation is 1. The van der Waals surface area contributed by atoms with Crippen LogP contribution < -0.4 is 9.47 Å². The number of hydrogen-bond donors (Lipinski definition) is 0. The molecule has 0 amide bonds. The third-order valence-electron chi connectivity index (χ3n) is 2.54. The Bertz CT molecular complexity index is 618. The largest absolute Gasteiger partial charge is 0.490 e. The lowest BCUT2D eigenvalue weighted by Gasteiger charge is -2.12. The maximum atomic E-state index is 12.4. The van der Waals surface area contributed by atoms with E-state index in [0.717, 1.165) is 0 Å². The molecule has 0 atom stereocenters. The minimum Gasteiger partial charge on any atom is -0.490 e. The van der Waals surface area contributed by atoms with Crippen molar-refractivity contribution < 1.29 is 18.3 Å². The molecule has 0 aliphatic rings. The van der Waals surface area contributed by atoms with E-state index in [1.165, 1.54) is 6.07 Å². The van der Waals surface area contributed by atoms with Crippen LogP contribution in [0, 0.1) is 6.92 Å². The van der Waals surface area contributed by atoms with E-state index < -0.39 is 6.61 Å². The van der Waals surface area contributed by atoms with Gasteiger partial charge in [-0.25, -0.2) is 9.97 Å². The summed E-state index contributed by atoms with van der Waals surface area (Å²) in [4.78, 5) is 8.36. The van der Waals surface area contributed by atoms with Crippen LogP contribution in [0.15, 0.2) is 24.3 Å². The standard InChI is InChI=1S/C14H13ClF2N2O2/c1-3-20-11-7-9(4-5-10(11)21-14(16)17)13-18-8(2)6-12(15)19-13/h4-7,14H,3H2,1-2H3. The van der Waals surface area contributed by atoms with E-state index in [2.05, 4.69) is 14.7 Å². The Balaban J connectivity index is 2.43. The van der Waals surface area contributed by atoms with Gasteiger partial charge >= 0.3 is 6.61 Å². The van der Waals surface area contributed by atoms with Crippen molar-refractivity contribution in [2.45, 2.75) is 20.5 Å². The van der Waals surface area contributed by atoms with Gasteiger partial charge in [0.05, 0.1) is 6.61 Å². The number of ether oxygens (including phenoxy) is 2. The third kappa shape index (κ3) is 4.01. The van der Waals surface area contributed by atoms with Crippen LogP contribution >= 0.6 is 11.6 Å². The second-order valence-electron chi connectivity index (χ2n) is 4.13. The molecule has 0 aliphatic heterocycles. The minimum absolute atomic E-state index is 0.0330. The number of rotatable bonds is 5. The van der Waals surface area contributed by atoms with Gasteiger partial charge in [-0.1, -0.05) is 11.6 Å². The van der Waals surface area contributed by atoms with E-state index >= 15 is 0 Å². The average Bonchev–Trinajstić information content (AvgIpc) is 2.39. The van der Waals surface area contributed by atoms with Gasteiger partial charge in [0.1, 0.15) is 5.15 Å². The van der Waals surface area contributed by atoms with Gasteiger partial charge in [0.2, 0.25) is 0 Å². The molecule has 0 radical (unpaired) electrons. The van der Waals surface area contributed by atoms with Crippen LogP contribution in [0.3, 0.4) is 0 Å². The highest BCUT2D eigenvalue weighted by Crippen LogP contribution is 2.33. The van der Waals surface area contributed by atoms with Crippen molar-refractivity contribution in [1.82, 2.24) is 9.97 Å². The zero-order valence-corrected chi connectivity index (χ0v) is 12.2. The first kappa shape index (κ1) is 15.4. The monoisotopic (exact) mass is 314 g/mol. The molecular formula is C14H13ClF2N2O2. The van der Waals surface area contributed by atoms with Gasteiger partial charge in [-0.15, -0.1) is 0 Å². The smallest absolute Gasteiger partial charge is 0.387 e. The molecule has 0 bridgehead atoms. The molecule has 112 valence electrons. The van der Waals surface area contributed by atoms with Crippen molar-refractivity contribution in [3.63, 3.8) is 0 Å². The first-order valence-electron chi connectivity index (χ1n) is 6.22. The Morgan fingerprint density at radius 2 is 1.95 bits per heavy atom. The summed E-state index contributed by atoms with van der Waals surface area (Å²) in [7, 11) is 0. The number of aromatic nitrogens is 2. The molecule has 2 aromatic rings. The fraction of sp³-hybridized carbons (Fsp3) is 0.286. The zero-order valence-electron chi connectivity index (χ0n) is 11.4. The molecule has 0 spiro atoms. The predicted octanol–water partition coefficient (Wildman–Crippen LogP) is 4.11. The SMILES string of the molecule is CCOc1cc(-c2nc(C)cc(Cl)n2)ccc1OC(F)F. The van der Waals surface area contributed by atoms with E-state index in [4.69, 9.17) is 16.3 Å². The van der Waals surface area contributed by atoms with Crippen molar-refractivity contribution >= 4 is 11.6 Å². The molecule has 0 fully saturated rings. The van der Waals surface area contributed by atoms with Crippen LogP contribution in [0.25, 0.3) is 11.4 Å². The van der Waals surface area contributed by atoms with Gasteiger partial charge < -0.3 is 9.47 Å². The van der Waals surface area contributed by atoms with Crippen molar-refractivity contribution in [2.75, 3.05) is 6.61 Å². The summed E-state index contributed by atoms with van der Waals surface area (Å²) in [5.74, 6) is 0.565. The fourth-order valence-electron chi connectivity index (χ4n) is 1.77. The predicted molar refractivity (Wildman–Crippen MR) is 75.0 cm³/mol. The van der Waals surface area contributed by atoms with Crippen molar-refractivity contribution in [2.24, 2.45) is 0 Å². The topological polar surface area (TPSA) is 44.2 Å². The summed E-state index contributed by atoms with van der Waals surface area (Å²) in [5, 5.41) is 0.309. The second kappa shape index (κ2) is 6.67. The highest BCUT2D eigenvalue weighted by molar-refractivity contribution is 6.29. The summed E-state index contributed by atoms with van der Waals surface area (Å²) in [6, 6.07) is 6.15. The summed E-state index contributed by atoms with van der Waals surface area (Å²) >= 11 is 5.89. The maximum Gasteiger partial charge on any atom is 0.387 e. The van der Waals surface area contributed by atoms with Gasteiger partial charge in [-0.3, -0.25) is 0 Å². The minimum atomic E-state index is -2.92. The quantitative estimate of drug-likeness (QED) is 0.779. The van der Waals surface area contributed by atoms with E-state index in [1.807, 2.05) is 0 Å². The lowest BCUT2D eigenvalue weighted by Crippen LogP contribution is -2.05. The van der Waals surface area contributed by atoms with Gasteiger partial charge in [-0.2, -0.15) is 8.78 Å². The van der Waals surface area contributed by atoms with Crippen LogP contribution in [-0.4, -0.2) is 23.2 Å². The number of halogens is 3. The average molecular weight is 315 g/mol. The number of alkyl halides is 2. The van der Waals surface area contributed by atoms with Crippen LogP contribution in [0.5, 0.6) is 11.5 Å². The lowest BCUT2D eigenvalue weighted by molar-refractivity contribution is -0.0514. The first-order chi connectivity index (χ1) is 9.99. The van der Waals surface area contributed by atoms with Gasteiger partial charge in [0.15, 0.2) is 17.3 Å². The summed E-state index contributed by atoms with van der Waals surface area (Å²) in [6.07, 6.45) is 0. The molecular weight excluding hydrogens is 302 g/mol. The molecule has 0 saturated heterocycles. The van der Waals surface area contributed by atoms with Crippen LogP contribution in [0.2, 0.25) is 5.15 Å². The van der Waals surface area contributed by atoms with E-state index in [1.54, 1.807) is 32.0 Å². The number of benzene rings is 1. The molecule has 0 N–H and O–H groups in total. The van der Waals surface area contributed by atoms with Gasteiger partial charge in [-0.05, 0) is 38.1 Å². The van der Waals surface area contributed by atoms with E-state index in [9.17, 15) is 8.78 Å². The molecule has 2 rings (SSSR count). The Morgan fingerprint density at radius 3 is 2.57 bits per heavy atom. The molecule has 0 saturated carbocycles.